The first-order valence-corrected chi connectivity index (χ1v) is 5.85. The van der Waals surface area contributed by atoms with E-state index < -0.39 is 0 Å². The molecule has 0 saturated heterocycles. The zero-order valence-electron chi connectivity index (χ0n) is 9.82. The zero-order chi connectivity index (χ0) is 11.8. The van der Waals surface area contributed by atoms with Crippen LogP contribution in [0, 0.1) is 0 Å². The van der Waals surface area contributed by atoms with Gasteiger partial charge in [-0.1, -0.05) is 29.8 Å². The van der Waals surface area contributed by atoms with E-state index in [9.17, 15) is 0 Å². The average molecular weight is 240 g/mol. The van der Waals surface area contributed by atoms with E-state index in [-0.39, 0.29) is 0 Å². The highest BCUT2D eigenvalue weighted by Gasteiger charge is 1.98. The van der Waals surface area contributed by atoms with Gasteiger partial charge < -0.3 is 4.74 Å². The summed E-state index contributed by atoms with van der Waals surface area (Å²) >= 11 is 5.48. The lowest BCUT2D eigenvalue weighted by Gasteiger charge is -2.14. The van der Waals surface area contributed by atoms with Crippen molar-refractivity contribution in [2.24, 2.45) is 0 Å². The molecule has 0 aliphatic carbocycles. The van der Waals surface area contributed by atoms with Crippen molar-refractivity contribution in [2.45, 2.75) is 13.5 Å². The summed E-state index contributed by atoms with van der Waals surface area (Å²) in [6.07, 6.45) is 1.93. The fourth-order valence-electron chi connectivity index (χ4n) is 1.45. The summed E-state index contributed by atoms with van der Waals surface area (Å²) in [5, 5.41) is 0. The van der Waals surface area contributed by atoms with Crippen molar-refractivity contribution in [2.75, 3.05) is 20.2 Å². The van der Waals surface area contributed by atoms with Crippen LogP contribution in [-0.2, 0) is 6.54 Å². The standard InChI is InChI=1S/C13H18ClNO/c1-3-16-13-7-5-12(6-8-13)11-15(2)10-4-9-14/h4-9H,3,10-11H2,1-2H3/b9-4+. The van der Waals surface area contributed by atoms with Crippen LogP contribution in [0.2, 0.25) is 0 Å². The van der Waals surface area contributed by atoms with Crippen molar-refractivity contribution >= 4 is 11.6 Å². The van der Waals surface area contributed by atoms with Crippen LogP contribution in [0.25, 0.3) is 0 Å². The molecule has 1 rings (SSSR count). The summed E-state index contributed by atoms with van der Waals surface area (Å²) in [6, 6.07) is 8.19. The van der Waals surface area contributed by atoms with Gasteiger partial charge in [0.05, 0.1) is 6.61 Å². The number of nitrogens with zero attached hydrogens (tertiary/aromatic N) is 1. The van der Waals surface area contributed by atoms with Gasteiger partial charge in [0.2, 0.25) is 0 Å². The molecule has 0 fully saturated rings. The molecule has 1 aromatic carbocycles. The quantitative estimate of drug-likeness (QED) is 0.756. The van der Waals surface area contributed by atoms with Gasteiger partial charge >= 0.3 is 0 Å². The van der Waals surface area contributed by atoms with Crippen LogP contribution in [0.1, 0.15) is 12.5 Å². The Hall–Kier alpha value is -0.990. The third-order valence-corrected chi connectivity index (χ3v) is 2.37. The average Bonchev–Trinajstić information content (AvgIpc) is 2.29. The monoisotopic (exact) mass is 239 g/mol. The van der Waals surface area contributed by atoms with E-state index in [1.54, 1.807) is 5.54 Å². The first-order chi connectivity index (χ1) is 7.76. The summed E-state index contributed by atoms with van der Waals surface area (Å²) in [4.78, 5) is 2.19. The van der Waals surface area contributed by atoms with E-state index in [1.807, 2.05) is 25.1 Å². The van der Waals surface area contributed by atoms with Crippen molar-refractivity contribution in [3.8, 4) is 5.75 Å². The molecule has 0 saturated carbocycles. The normalized spacial score (nSPS) is 11.2. The Morgan fingerprint density at radius 3 is 2.56 bits per heavy atom. The first kappa shape index (κ1) is 13.1. The summed E-state index contributed by atoms with van der Waals surface area (Å²) in [5.74, 6) is 0.926. The molecule has 16 heavy (non-hydrogen) atoms. The molecule has 0 heterocycles. The van der Waals surface area contributed by atoms with Crippen molar-refractivity contribution in [1.29, 1.82) is 0 Å². The van der Waals surface area contributed by atoms with Crippen LogP contribution in [0.3, 0.4) is 0 Å². The lowest BCUT2D eigenvalue weighted by Crippen LogP contribution is -2.17. The summed E-state index contributed by atoms with van der Waals surface area (Å²) in [7, 11) is 2.06. The molecule has 0 N–H and O–H groups in total. The SMILES string of the molecule is CCOc1ccc(CN(C)C/C=C/Cl)cc1. The largest absolute Gasteiger partial charge is 0.494 e. The molecule has 0 amide bonds. The Morgan fingerprint density at radius 2 is 2.00 bits per heavy atom. The minimum atomic E-state index is 0.708. The Bertz CT molecular complexity index is 321. The molecule has 0 radical (unpaired) electrons. The maximum absolute atomic E-state index is 5.48. The smallest absolute Gasteiger partial charge is 0.119 e. The van der Waals surface area contributed by atoms with E-state index in [0.717, 1.165) is 18.8 Å². The van der Waals surface area contributed by atoms with Gasteiger partial charge in [-0.15, -0.1) is 0 Å². The topological polar surface area (TPSA) is 12.5 Å². The molecule has 88 valence electrons. The Kier molecular flexibility index (Phi) is 5.98. The van der Waals surface area contributed by atoms with Crippen molar-refractivity contribution < 1.29 is 4.74 Å². The predicted molar refractivity (Wildman–Crippen MR) is 68.9 cm³/mol. The van der Waals surface area contributed by atoms with Crippen LogP contribution in [0.5, 0.6) is 5.75 Å². The molecule has 2 nitrogen and oxygen atoms in total. The van der Waals surface area contributed by atoms with Crippen LogP contribution < -0.4 is 4.74 Å². The van der Waals surface area contributed by atoms with E-state index in [2.05, 4.69) is 24.1 Å². The number of hydrogen-bond acceptors (Lipinski definition) is 2. The number of hydrogen-bond donors (Lipinski definition) is 0. The minimum Gasteiger partial charge on any atom is -0.494 e. The summed E-state index contributed by atoms with van der Waals surface area (Å²) in [6.45, 7) is 4.46. The van der Waals surface area contributed by atoms with Gasteiger partial charge in [-0.05, 0) is 31.7 Å². The molecular formula is C13H18ClNO. The fourth-order valence-corrected chi connectivity index (χ4v) is 1.53. The second-order valence-corrected chi connectivity index (χ2v) is 3.89. The highest BCUT2D eigenvalue weighted by Crippen LogP contribution is 2.13. The number of halogens is 1. The molecular weight excluding hydrogens is 222 g/mol. The number of ether oxygens (including phenoxy) is 1. The molecule has 0 spiro atoms. The molecule has 1 aromatic rings. The van der Waals surface area contributed by atoms with Gasteiger partial charge in [-0.2, -0.15) is 0 Å². The Labute approximate surface area is 102 Å². The lowest BCUT2D eigenvalue weighted by atomic mass is 10.2. The van der Waals surface area contributed by atoms with Gasteiger partial charge in [-0.3, -0.25) is 4.90 Å². The van der Waals surface area contributed by atoms with Gasteiger partial charge in [0.25, 0.3) is 0 Å². The first-order valence-electron chi connectivity index (χ1n) is 5.41. The van der Waals surface area contributed by atoms with Crippen LogP contribution in [-0.4, -0.2) is 25.1 Å². The van der Waals surface area contributed by atoms with E-state index >= 15 is 0 Å². The van der Waals surface area contributed by atoms with E-state index in [4.69, 9.17) is 16.3 Å². The zero-order valence-corrected chi connectivity index (χ0v) is 10.6. The molecule has 0 bridgehead atoms. The fraction of sp³-hybridized carbons (Fsp3) is 0.385. The van der Waals surface area contributed by atoms with Gasteiger partial charge in [0, 0.05) is 18.6 Å². The summed E-state index contributed by atoms with van der Waals surface area (Å²) < 4.78 is 5.39. The number of likely N-dealkylation sites (N-methyl/N-ethyl adjacent to an activating group) is 1. The third-order valence-electron chi connectivity index (χ3n) is 2.19. The van der Waals surface area contributed by atoms with Crippen molar-refractivity contribution in [3.05, 3.63) is 41.4 Å². The van der Waals surface area contributed by atoms with Gasteiger partial charge in [0.1, 0.15) is 5.75 Å². The Balaban J connectivity index is 2.47. The second kappa shape index (κ2) is 7.31. The van der Waals surface area contributed by atoms with Crippen LogP contribution in [0.4, 0.5) is 0 Å². The highest BCUT2D eigenvalue weighted by atomic mass is 35.5. The maximum Gasteiger partial charge on any atom is 0.119 e. The third kappa shape index (κ3) is 4.69. The van der Waals surface area contributed by atoms with Crippen molar-refractivity contribution in [1.82, 2.24) is 4.90 Å². The van der Waals surface area contributed by atoms with Gasteiger partial charge in [-0.25, -0.2) is 0 Å². The molecule has 0 unspecified atom stereocenters. The maximum atomic E-state index is 5.48. The molecule has 0 atom stereocenters. The summed E-state index contributed by atoms with van der Waals surface area (Å²) in [5.41, 5.74) is 2.82. The van der Waals surface area contributed by atoms with Crippen LogP contribution >= 0.6 is 11.6 Å². The molecule has 0 aromatic heterocycles. The second-order valence-electron chi connectivity index (χ2n) is 3.64. The van der Waals surface area contributed by atoms with Gasteiger partial charge in [0.15, 0.2) is 0 Å². The molecule has 0 aliphatic heterocycles. The van der Waals surface area contributed by atoms with Crippen molar-refractivity contribution in [3.63, 3.8) is 0 Å². The molecule has 0 aliphatic rings. The molecule has 3 heteroatoms. The van der Waals surface area contributed by atoms with Crippen LogP contribution in [0.15, 0.2) is 35.9 Å². The highest BCUT2D eigenvalue weighted by molar-refractivity contribution is 6.25. The lowest BCUT2D eigenvalue weighted by molar-refractivity contribution is 0.339. The van der Waals surface area contributed by atoms with E-state index in [1.165, 1.54) is 5.56 Å². The predicted octanol–water partition coefficient (Wildman–Crippen LogP) is 3.27. The van der Waals surface area contributed by atoms with E-state index in [0.29, 0.717) is 6.61 Å². The number of rotatable bonds is 6. The number of benzene rings is 1. The Morgan fingerprint density at radius 1 is 1.31 bits per heavy atom. The minimum absolute atomic E-state index is 0.708.